The molecule has 0 saturated heterocycles. The average Bonchev–Trinajstić information content (AvgIpc) is 2.98. The number of halogens is 4. The van der Waals surface area contributed by atoms with Crippen LogP contribution in [0.25, 0.3) is 5.69 Å². The Bertz CT molecular complexity index is 901. The third-order valence-corrected chi connectivity index (χ3v) is 5.77. The van der Waals surface area contributed by atoms with Crippen molar-refractivity contribution < 1.29 is 22.7 Å². The Kier molecular flexibility index (Phi) is 5.36. The maximum absolute atomic E-state index is 12.7. The lowest BCUT2D eigenvalue weighted by Crippen LogP contribution is -2.12. The second kappa shape index (κ2) is 7.32. The van der Waals surface area contributed by atoms with Gasteiger partial charge in [-0.1, -0.05) is 43.7 Å². The summed E-state index contributed by atoms with van der Waals surface area (Å²) in [7, 11) is 0. The van der Waals surface area contributed by atoms with Crippen LogP contribution < -0.4 is 0 Å². The first-order valence-electron chi connectivity index (χ1n) is 8.86. The zero-order valence-electron chi connectivity index (χ0n) is 15.8. The first-order chi connectivity index (χ1) is 13.0. The van der Waals surface area contributed by atoms with Crippen molar-refractivity contribution in [1.29, 1.82) is 0 Å². The Hall–Kier alpha value is -2.21. The Morgan fingerprint density at radius 3 is 2.50 bits per heavy atom. The Morgan fingerprint density at radius 2 is 1.89 bits per heavy atom. The number of alkyl halides is 3. The Labute approximate surface area is 166 Å². The molecule has 1 aromatic carbocycles. The minimum absolute atomic E-state index is 0.0653. The van der Waals surface area contributed by atoms with Gasteiger partial charge in [0.1, 0.15) is 11.6 Å². The molecule has 0 spiro atoms. The maximum Gasteiger partial charge on any atom is 0.426 e. The summed E-state index contributed by atoms with van der Waals surface area (Å²) in [5, 5.41) is -1.20. The van der Waals surface area contributed by atoms with Crippen molar-refractivity contribution >= 4 is 17.6 Å². The normalized spacial score (nSPS) is 21.5. The molecule has 1 aliphatic rings. The molecule has 1 fully saturated rings. The van der Waals surface area contributed by atoms with Crippen LogP contribution >= 0.6 is 11.6 Å². The van der Waals surface area contributed by atoms with Crippen LogP contribution in [0.1, 0.15) is 25.0 Å². The zero-order chi connectivity index (χ0) is 20.7. The standard InChI is InChI=1S/C21H21ClF3NO2/c1-13-14(7-6-8-16(13)26-9-4-5-10-26)12-28-19(27)18-15(20(18,2)3)11-17(22)21(23,24)25/h4-11,15,18H,12H2,1-3H3/b17-11+. The number of allylic oxidation sites excluding steroid dienone is 2. The molecule has 3 nitrogen and oxygen atoms in total. The highest BCUT2D eigenvalue weighted by Crippen LogP contribution is 2.60. The summed E-state index contributed by atoms with van der Waals surface area (Å²) < 4.78 is 45.4. The van der Waals surface area contributed by atoms with E-state index in [9.17, 15) is 18.0 Å². The molecule has 0 bridgehead atoms. The first kappa shape index (κ1) is 20.5. The lowest BCUT2D eigenvalue weighted by molar-refractivity contribution is -0.147. The summed E-state index contributed by atoms with van der Waals surface area (Å²) in [6, 6.07) is 9.54. The van der Waals surface area contributed by atoms with Gasteiger partial charge in [-0.3, -0.25) is 4.79 Å². The van der Waals surface area contributed by atoms with E-state index in [1.807, 2.05) is 54.2 Å². The van der Waals surface area contributed by atoms with Crippen LogP contribution in [0.5, 0.6) is 0 Å². The molecule has 28 heavy (non-hydrogen) atoms. The minimum atomic E-state index is -4.61. The van der Waals surface area contributed by atoms with E-state index in [0.717, 1.165) is 22.9 Å². The van der Waals surface area contributed by atoms with Gasteiger partial charge in [0.2, 0.25) is 0 Å². The molecule has 1 heterocycles. The fourth-order valence-electron chi connectivity index (χ4n) is 3.53. The van der Waals surface area contributed by atoms with Crippen LogP contribution in [0.2, 0.25) is 0 Å². The SMILES string of the molecule is Cc1c(COC(=O)C2C(/C=C(/Cl)C(F)(F)F)C2(C)C)cccc1-n1cccc1. The van der Waals surface area contributed by atoms with Crippen LogP contribution in [0, 0.1) is 24.2 Å². The van der Waals surface area contributed by atoms with E-state index in [4.69, 9.17) is 16.3 Å². The van der Waals surface area contributed by atoms with Crippen LogP contribution in [0.4, 0.5) is 13.2 Å². The van der Waals surface area contributed by atoms with Gasteiger partial charge in [0, 0.05) is 18.1 Å². The second-order valence-corrected chi connectivity index (χ2v) is 8.00. The molecule has 7 heteroatoms. The molecule has 2 atom stereocenters. The van der Waals surface area contributed by atoms with Crippen molar-refractivity contribution in [3.63, 3.8) is 0 Å². The summed E-state index contributed by atoms with van der Waals surface area (Å²) in [4.78, 5) is 12.5. The number of hydrogen-bond acceptors (Lipinski definition) is 2. The molecule has 0 aliphatic heterocycles. The van der Waals surface area contributed by atoms with Gasteiger partial charge in [0.15, 0.2) is 0 Å². The Morgan fingerprint density at radius 1 is 1.25 bits per heavy atom. The maximum atomic E-state index is 12.7. The van der Waals surface area contributed by atoms with Gasteiger partial charge in [0.05, 0.1) is 5.92 Å². The van der Waals surface area contributed by atoms with E-state index in [-0.39, 0.29) is 6.61 Å². The van der Waals surface area contributed by atoms with E-state index in [1.165, 1.54) is 0 Å². The van der Waals surface area contributed by atoms with Crippen molar-refractivity contribution in [1.82, 2.24) is 4.57 Å². The number of carbonyl (C=O) groups is 1. The number of esters is 1. The monoisotopic (exact) mass is 411 g/mol. The molecule has 2 aromatic rings. The predicted molar refractivity (Wildman–Crippen MR) is 101 cm³/mol. The molecule has 1 saturated carbocycles. The van der Waals surface area contributed by atoms with E-state index in [0.29, 0.717) is 0 Å². The molecule has 1 aliphatic carbocycles. The van der Waals surface area contributed by atoms with Crippen LogP contribution in [-0.4, -0.2) is 16.7 Å². The summed E-state index contributed by atoms with van der Waals surface area (Å²) in [6.07, 6.45) is 0.161. The third-order valence-electron chi connectivity index (χ3n) is 5.43. The number of hydrogen-bond donors (Lipinski definition) is 0. The minimum Gasteiger partial charge on any atom is -0.461 e. The van der Waals surface area contributed by atoms with Crippen molar-refractivity contribution in [2.24, 2.45) is 17.3 Å². The highest BCUT2D eigenvalue weighted by molar-refractivity contribution is 6.30. The lowest BCUT2D eigenvalue weighted by Gasteiger charge is -2.13. The van der Waals surface area contributed by atoms with Crippen LogP contribution in [-0.2, 0) is 16.1 Å². The van der Waals surface area contributed by atoms with Gasteiger partial charge < -0.3 is 9.30 Å². The molecule has 150 valence electrons. The fraction of sp³-hybridized carbons (Fsp3) is 0.381. The van der Waals surface area contributed by atoms with Gasteiger partial charge >= 0.3 is 12.1 Å². The summed E-state index contributed by atoms with van der Waals surface area (Å²) in [6.45, 7) is 5.47. The van der Waals surface area contributed by atoms with Crippen LogP contribution in [0.3, 0.4) is 0 Å². The quantitative estimate of drug-likeness (QED) is 0.583. The van der Waals surface area contributed by atoms with Gasteiger partial charge in [-0.15, -0.1) is 0 Å². The van der Waals surface area contributed by atoms with E-state index < -0.39 is 34.4 Å². The van der Waals surface area contributed by atoms with Crippen molar-refractivity contribution in [3.05, 3.63) is 65.0 Å². The summed E-state index contributed by atoms with van der Waals surface area (Å²) in [5.74, 6) is -1.75. The van der Waals surface area contributed by atoms with E-state index in [2.05, 4.69) is 0 Å². The average molecular weight is 412 g/mol. The van der Waals surface area contributed by atoms with E-state index in [1.54, 1.807) is 13.8 Å². The number of nitrogens with zero attached hydrogens (tertiary/aromatic N) is 1. The van der Waals surface area contributed by atoms with Crippen LogP contribution in [0.15, 0.2) is 53.8 Å². The molecule has 0 amide bonds. The lowest BCUT2D eigenvalue weighted by atomic mass is 10.1. The second-order valence-electron chi connectivity index (χ2n) is 7.60. The number of aromatic nitrogens is 1. The zero-order valence-corrected chi connectivity index (χ0v) is 16.5. The summed E-state index contributed by atoms with van der Waals surface area (Å²) >= 11 is 5.33. The van der Waals surface area contributed by atoms with Crippen molar-refractivity contribution in [2.45, 2.75) is 33.6 Å². The molecular formula is C21H21ClF3NO2. The third kappa shape index (κ3) is 3.97. The number of carbonyl (C=O) groups excluding carboxylic acids is 1. The number of rotatable bonds is 5. The highest BCUT2D eigenvalue weighted by atomic mass is 35.5. The molecule has 0 radical (unpaired) electrons. The van der Waals surface area contributed by atoms with Crippen molar-refractivity contribution in [2.75, 3.05) is 0 Å². The van der Waals surface area contributed by atoms with Gasteiger partial charge in [0.25, 0.3) is 0 Å². The van der Waals surface area contributed by atoms with Gasteiger partial charge in [-0.2, -0.15) is 13.2 Å². The fourth-order valence-corrected chi connectivity index (χ4v) is 3.67. The molecular weight excluding hydrogens is 391 g/mol. The van der Waals surface area contributed by atoms with Crippen molar-refractivity contribution in [3.8, 4) is 5.69 Å². The van der Waals surface area contributed by atoms with Gasteiger partial charge in [-0.05, 0) is 47.6 Å². The van der Waals surface area contributed by atoms with E-state index >= 15 is 0 Å². The molecule has 3 rings (SSSR count). The van der Waals surface area contributed by atoms with Gasteiger partial charge in [-0.25, -0.2) is 0 Å². The smallest absolute Gasteiger partial charge is 0.426 e. The topological polar surface area (TPSA) is 31.2 Å². The predicted octanol–water partition coefficient (Wildman–Crippen LogP) is 5.79. The first-order valence-corrected chi connectivity index (χ1v) is 9.24. The molecule has 1 aromatic heterocycles. The largest absolute Gasteiger partial charge is 0.461 e. The Balaban J connectivity index is 1.69. The number of benzene rings is 1. The molecule has 2 unspecified atom stereocenters. The number of ether oxygens (including phenoxy) is 1. The molecule has 0 N–H and O–H groups in total. The summed E-state index contributed by atoms with van der Waals surface area (Å²) in [5.41, 5.74) is 2.17. The highest BCUT2D eigenvalue weighted by Gasteiger charge is 2.62.